The number of aromatic nitrogens is 3. The van der Waals surface area contributed by atoms with Crippen molar-refractivity contribution in [3.63, 3.8) is 0 Å². The second kappa shape index (κ2) is 9.01. The standard InChI is InChI=1S/C25H21N3O2/c1-30-22-11-9-21(10-12-22)25-23(20-13-15-26-16-14-20)18-24(29)28(27-25)17-5-8-19-6-3-2-4-7-19/h2-16,18H,17H2,1H3/b8-5+. The van der Waals surface area contributed by atoms with Crippen LogP contribution in [0, 0.1) is 0 Å². The van der Waals surface area contributed by atoms with Crippen LogP contribution in [0.5, 0.6) is 5.75 Å². The van der Waals surface area contributed by atoms with E-state index < -0.39 is 0 Å². The average molecular weight is 395 g/mol. The molecule has 2 heterocycles. The molecule has 0 fully saturated rings. The average Bonchev–Trinajstić information content (AvgIpc) is 2.81. The molecule has 2 aromatic carbocycles. The van der Waals surface area contributed by atoms with E-state index in [1.165, 1.54) is 4.68 Å². The number of rotatable bonds is 6. The van der Waals surface area contributed by atoms with Crippen LogP contribution in [0.2, 0.25) is 0 Å². The molecule has 0 unspecified atom stereocenters. The predicted octanol–water partition coefficient (Wildman–Crippen LogP) is 4.69. The lowest BCUT2D eigenvalue weighted by molar-refractivity contribution is 0.415. The van der Waals surface area contributed by atoms with E-state index in [9.17, 15) is 4.79 Å². The highest BCUT2D eigenvalue weighted by atomic mass is 16.5. The van der Waals surface area contributed by atoms with Gasteiger partial charge >= 0.3 is 0 Å². The molecule has 0 amide bonds. The number of allylic oxidation sites excluding steroid dienone is 1. The van der Waals surface area contributed by atoms with Gasteiger partial charge in [0.15, 0.2) is 0 Å². The first-order valence-electron chi connectivity index (χ1n) is 9.63. The van der Waals surface area contributed by atoms with Gasteiger partial charge in [-0.15, -0.1) is 0 Å². The Balaban J connectivity index is 1.75. The van der Waals surface area contributed by atoms with Crippen molar-refractivity contribution in [3.8, 4) is 28.1 Å². The minimum Gasteiger partial charge on any atom is -0.497 e. The van der Waals surface area contributed by atoms with Crippen LogP contribution >= 0.6 is 0 Å². The third kappa shape index (κ3) is 4.36. The zero-order valence-corrected chi connectivity index (χ0v) is 16.6. The Morgan fingerprint density at radius 2 is 1.67 bits per heavy atom. The lowest BCUT2D eigenvalue weighted by atomic mass is 10.0. The van der Waals surface area contributed by atoms with Crippen LogP contribution in [-0.2, 0) is 6.54 Å². The van der Waals surface area contributed by atoms with E-state index in [1.807, 2.05) is 78.9 Å². The molecule has 0 saturated heterocycles. The van der Waals surface area contributed by atoms with Gasteiger partial charge in [-0.25, -0.2) is 4.68 Å². The van der Waals surface area contributed by atoms with Crippen LogP contribution in [0.15, 0.2) is 96.1 Å². The van der Waals surface area contributed by atoms with Gasteiger partial charge < -0.3 is 4.74 Å². The fraction of sp³-hybridized carbons (Fsp3) is 0.0800. The highest BCUT2D eigenvalue weighted by Crippen LogP contribution is 2.29. The fourth-order valence-corrected chi connectivity index (χ4v) is 3.19. The van der Waals surface area contributed by atoms with E-state index in [2.05, 4.69) is 4.98 Å². The second-order valence-corrected chi connectivity index (χ2v) is 6.70. The number of pyridine rings is 1. The minimum atomic E-state index is -0.156. The summed E-state index contributed by atoms with van der Waals surface area (Å²) in [6, 6.07) is 23.0. The minimum absolute atomic E-state index is 0.156. The molecule has 0 spiro atoms. The van der Waals surface area contributed by atoms with Crippen molar-refractivity contribution in [2.75, 3.05) is 7.11 Å². The first-order chi connectivity index (χ1) is 14.7. The summed E-state index contributed by atoms with van der Waals surface area (Å²) in [5.41, 5.74) is 4.23. The largest absolute Gasteiger partial charge is 0.497 e. The Morgan fingerprint density at radius 3 is 2.37 bits per heavy atom. The quantitative estimate of drug-likeness (QED) is 0.475. The third-order valence-electron chi connectivity index (χ3n) is 4.74. The van der Waals surface area contributed by atoms with Gasteiger partial charge in [-0.3, -0.25) is 9.78 Å². The van der Waals surface area contributed by atoms with E-state index in [0.717, 1.165) is 33.7 Å². The molecule has 148 valence electrons. The molecule has 4 rings (SSSR count). The number of hydrogen-bond acceptors (Lipinski definition) is 4. The molecule has 2 aromatic heterocycles. The highest BCUT2D eigenvalue weighted by molar-refractivity contribution is 5.80. The molecular weight excluding hydrogens is 374 g/mol. The topological polar surface area (TPSA) is 57.0 Å². The maximum absolute atomic E-state index is 12.8. The van der Waals surface area contributed by atoms with Gasteiger partial charge in [-0.05, 0) is 47.5 Å². The van der Waals surface area contributed by atoms with Gasteiger partial charge in [0.1, 0.15) is 5.75 Å². The number of nitrogens with zero attached hydrogens (tertiary/aromatic N) is 3. The van der Waals surface area contributed by atoms with Crippen LogP contribution in [0.25, 0.3) is 28.5 Å². The molecule has 0 saturated carbocycles. The predicted molar refractivity (Wildman–Crippen MR) is 119 cm³/mol. The summed E-state index contributed by atoms with van der Waals surface area (Å²) >= 11 is 0. The maximum Gasteiger partial charge on any atom is 0.267 e. The van der Waals surface area contributed by atoms with Gasteiger partial charge in [-0.1, -0.05) is 42.5 Å². The first kappa shape index (κ1) is 19.3. The molecule has 0 aliphatic rings. The molecule has 0 bridgehead atoms. The van der Waals surface area contributed by atoms with E-state index in [1.54, 1.807) is 25.6 Å². The van der Waals surface area contributed by atoms with Crippen molar-refractivity contribution in [3.05, 3.63) is 107 Å². The Hall–Kier alpha value is -3.99. The summed E-state index contributed by atoms with van der Waals surface area (Å²) < 4.78 is 6.74. The fourth-order valence-electron chi connectivity index (χ4n) is 3.19. The van der Waals surface area contributed by atoms with Gasteiger partial charge in [0, 0.05) is 29.6 Å². The molecule has 30 heavy (non-hydrogen) atoms. The molecule has 5 heteroatoms. The Labute approximate surface area is 174 Å². The number of benzene rings is 2. The summed E-state index contributed by atoms with van der Waals surface area (Å²) in [5, 5.41) is 4.70. The summed E-state index contributed by atoms with van der Waals surface area (Å²) in [6.45, 7) is 0.382. The van der Waals surface area contributed by atoms with Crippen LogP contribution in [0.4, 0.5) is 0 Å². The monoisotopic (exact) mass is 395 g/mol. The molecule has 0 radical (unpaired) electrons. The molecule has 5 nitrogen and oxygen atoms in total. The number of methoxy groups -OCH3 is 1. The Morgan fingerprint density at radius 1 is 0.933 bits per heavy atom. The molecule has 4 aromatic rings. The molecule has 0 N–H and O–H groups in total. The van der Waals surface area contributed by atoms with Crippen molar-refractivity contribution in [1.82, 2.24) is 14.8 Å². The second-order valence-electron chi connectivity index (χ2n) is 6.70. The van der Waals surface area contributed by atoms with Crippen molar-refractivity contribution in [1.29, 1.82) is 0 Å². The van der Waals surface area contributed by atoms with Gasteiger partial charge in [0.2, 0.25) is 0 Å². The summed E-state index contributed by atoms with van der Waals surface area (Å²) in [4.78, 5) is 16.8. The zero-order valence-electron chi connectivity index (χ0n) is 16.6. The van der Waals surface area contributed by atoms with E-state index in [-0.39, 0.29) is 5.56 Å². The Bertz CT molecular complexity index is 1200. The van der Waals surface area contributed by atoms with Crippen LogP contribution < -0.4 is 10.3 Å². The SMILES string of the molecule is COc1ccc(-c2nn(C/C=C/c3ccccc3)c(=O)cc2-c2ccncc2)cc1. The highest BCUT2D eigenvalue weighted by Gasteiger charge is 2.13. The lowest BCUT2D eigenvalue weighted by Gasteiger charge is -2.12. The van der Waals surface area contributed by atoms with Crippen molar-refractivity contribution >= 4 is 6.08 Å². The molecule has 0 aliphatic heterocycles. The Kier molecular flexibility index (Phi) is 5.80. The molecule has 0 aliphatic carbocycles. The van der Waals surface area contributed by atoms with E-state index >= 15 is 0 Å². The summed E-state index contributed by atoms with van der Waals surface area (Å²) in [7, 11) is 1.63. The van der Waals surface area contributed by atoms with Crippen LogP contribution in [0.1, 0.15) is 5.56 Å². The zero-order chi connectivity index (χ0) is 20.8. The van der Waals surface area contributed by atoms with E-state index in [4.69, 9.17) is 9.84 Å². The van der Waals surface area contributed by atoms with Crippen LogP contribution in [0.3, 0.4) is 0 Å². The van der Waals surface area contributed by atoms with Gasteiger partial charge in [0.25, 0.3) is 5.56 Å². The van der Waals surface area contributed by atoms with E-state index in [0.29, 0.717) is 6.54 Å². The van der Waals surface area contributed by atoms with Gasteiger partial charge in [-0.2, -0.15) is 5.10 Å². The third-order valence-corrected chi connectivity index (χ3v) is 4.74. The smallest absolute Gasteiger partial charge is 0.267 e. The summed E-state index contributed by atoms with van der Waals surface area (Å²) in [5.74, 6) is 0.767. The van der Waals surface area contributed by atoms with Crippen molar-refractivity contribution in [2.24, 2.45) is 0 Å². The maximum atomic E-state index is 12.8. The van der Waals surface area contributed by atoms with Gasteiger partial charge in [0.05, 0.1) is 19.3 Å². The number of ether oxygens (including phenoxy) is 1. The lowest BCUT2D eigenvalue weighted by Crippen LogP contribution is -2.22. The molecule has 0 atom stereocenters. The molecular formula is C25H21N3O2. The van der Waals surface area contributed by atoms with Crippen molar-refractivity contribution < 1.29 is 4.74 Å². The number of hydrogen-bond donors (Lipinski definition) is 0. The van der Waals surface area contributed by atoms with Crippen molar-refractivity contribution in [2.45, 2.75) is 6.54 Å². The summed E-state index contributed by atoms with van der Waals surface area (Å²) in [6.07, 6.45) is 7.34. The van der Waals surface area contributed by atoms with Crippen LogP contribution in [-0.4, -0.2) is 21.9 Å². The normalized spacial score (nSPS) is 11.0. The first-order valence-corrected chi connectivity index (χ1v) is 9.63.